The van der Waals surface area contributed by atoms with Crippen LogP contribution in [0.3, 0.4) is 0 Å². The molecule has 2 atom stereocenters. The predicted octanol–water partition coefficient (Wildman–Crippen LogP) is 6.91. The number of halogens is 2. The van der Waals surface area contributed by atoms with E-state index in [1.54, 1.807) is 0 Å². The monoisotopic (exact) mass is 502 g/mol. The Labute approximate surface area is 209 Å². The Morgan fingerprint density at radius 1 is 1.06 bits per heavy atom. The lowest BCUT2D eigenvalue weighted by Crippen LogP contribution is -2.26. The highest BCUT2D eigenvalue weighted by Gasteiger charge is 2.26. The molecule has 35 heavy (non-hydrogen) atoms. The van der Waals surface area contributed by atoms with Crippen LogP contribution in [0, 0.1) is 11.6 Å². The van der Waals surface area contributed by atoms with E-state index in [1.165, 1.54) is 23.4 Å². The highest BCUT2D eigenvalue weighted by Crippen LogP contribution is 2.32. The molecule has 9 heteroatoms. The Bertz CT molecular complexity index is 1150. The first-order chi connectivity index (χ1) is 16.6. The number of carbonyl (C=O) groups excluding carboxylic acids is 1. The van der Waals surface area contributed by atoms with E-state index >= 15 is 0 Å². The maximum atomic E-state index is 14.0. The molecule has 0 saturated heterocycles. The lowest BCUT2D eigenvalue weighted by Gasteiger charge is -2.20. The van der Waals surface area contributed by atoms with Gasteiger partial charge in [-0.3, -0.25) is 4.79 Å². The first-order valence-electron chi connectivity index (χ1n) is 11.7. The summed E-state index contributed by atoms with van der Waals surface area (Å²) in [6.45, 7) is 12.1. The van der Waals surface area contributed by atoms with Crippen molar-refractivity contribution in [1.29, 1.82) is 0 Å². The summed E-state index contributed by atoms with van der Waals surface area (Å²) >= 11 is 1.25. The van der Waals surface area contributed by atoms with E-state index < -0.39 is 22.8 Å². The fourth-order valence-corrected chi connectivity index (χ4v) is 4.67. The summed E-state index contributed by atoms with van der Waals surface area (Å²) in [7, 11) is 0. The molecule has 3 aromatic rings. The maximum Gasteiger partial charge on any atom is 0.238 e. The first kappa shape index (κ1) is 26.7. The fraction of sp³-hybridized carbons (Fsp3) is 0.423. The molecule has 1 heterocycles. The Kier molecular flexibility index (Phi) is 8.88. The van der Waals surface area contributed by atoms with Crippen LogP contribution in [0.1, 0.15) is 77.4 Å². The van der Waals surface area contributed by atoms with Crippen molar-refractivity contribution in [2.75, 3.05) is 5.32 Å². The number of anilines is 1. The van der Waals surface area contributed by atoms with Gasteiger partial charge in [-0.2, -0.15) is 0 Å². The number of carbonyl (C=O) groups is 1. The van der Waals surface area contributed by atoms with Gasteiger partial charge in [-0.05, 0) is 62.9 Å². The van der Waals surface area contributed by atoms with Crippen LogP contribution in [0.5, 0.6) is 5.75 Å². The van der Waals surface area contributed by atoms with E-state index in [0.717, 1.165) is 17.9 Å². The third-order valence-electron chi connectivity index (χ3n) is 5.53. The molecule has 2 aromatic carbocycles. The quantitative estimate of drug-likeness (QED) is 0.305. The Morgan fingerprint density at radius 2 is 1.74 bits per heavy atom. The third kappa shape index (κ3) is 6.60. The van der Waals surface area contributed by atoms with Gasteiger partial charge in [0.2, 0.25) is 5.91 Å². The number of amides is 1. The smallest absolute Gasteiger partial charge is 0.238 e. The van der Waals surface area contributed by atoms with Gasteiger partial charge in [0, 0.05) is 12.1 Å². The molecule has 6 nitrogen and oxygen atoms in total. The van der Waals surface area contributed by atoms with Gasteiger partial charge < -0.3 is 14.6 Å². The lowest BCUT2D eigenvalue weighted by atomic mass is 10.0. The van der Waals surface area contributed by atoms with Crippen molar-refractivity contribution in [2.45, 2.75) is 76.4 Å². The van der Waals surface area contributed by atoms with Crippen molar-refractivity contribution < 1.29 is 18.3 Å². The number of thioether (sulfide) groups is 1. The molecule has 0 aliphatic carbocycles. The van der Waals surface area contributed by atoms with Gasteiger partial charge in [-0.25, -0.2) is 8.78 Å². The second-order valence-corrected chi connectivity index (χ2v) is 10.1. The highest BCUT2D eigenvalue weighted by atomic mass is 32.2. The minimum Gasteiger partial charge on any atom is -0.483 e. The number of benzene rings is 2. The largest absolute Gasteiger partial charge is 0.483 e. The zero-order valence-corrected chi connectivity index (χ0v) is 21.7. The van der Waals surface area contributed by atoms with E-state index in [-0.39, 0.29) is 17.8 Å². The minimum absolute atomic E-state index is 0.0203. The summed E-state index contributed by atoms with van der Waals surface area (Å²) in [5.74, 6) is -0.0903. The van der Waals surface area contributed by atoms with Crippen LogP contribution in [-0.4, -0.2) is 25.9 Å². The fourth-order valence-electron chi connectivity index (χ4n) is 3.57. The molecule has 1 amide bonds. The average Bonchev–Trinajstić information content (AvgIpc) is 3.23. The Balaban J connectivity index is 1.76. The summed E-state index contributed by atoms with van der Waals surface area (Å²) in [5, 5.41) is 11.3. The molecular formula is C26H32F2N4O2S. The molecule has 1 N–H and O–H groups in total. The number of nitrogens with zero attached hydrogens (tertiary/aromatic N) is 3. The SMILES string of the molecule is CCC(Sc1nnc(C(C)Oc2ccc(C(C)C)cc2)n1C(C)C)C(=O)Nc1ccc(F)cc1F. The standard InChI is InChI=1S/C26H32F2N4O2S/c1-7-23(25(33)29-22-13-10-19(27)14-21(22)28)35-26-31-30-24(32(26)16(4)5)17(6)34-20-11-8-18(9-12-20)15(2)3/h8-17,23H,7H2,1-6H3,(H,29,33). The number of ether oxygens (including phenoxy) is 1. The topological polar surface area (TPSA) is 69.0 Å². The minimum atomic E-state index is -0.821. The molecule has 0 radical (unpaired) electrons. The molecule has 3 rings (SSSR count). The normalized spacial score (nSPS) is 13.2. The van der Waals surface area contributed by atoms with Gasteiger partial charge in [0.05, 0.1) is 10.9 Å². The summed E-state index contributed by atoms with van der Waals surface area (Å²) in [6.07, 6.45) is 0.111. The molecule has 0 aliphatic heterocycles. The molecule has 0 spiro atoms. The van der Waals surface area contributed by atoms with Gasteiger partial charge in [0.25, 0.3) is 0 Å². The summed E-state index contributed by atoms with van der Waals surface area (Å²) in [6, 6.07) is 11.1. The van der Waals surface area contributed by atoms with Gasteiger partial charge >= 0.3 is 0 Å². The van der Waals surface area contributed by atoms with E-state index in [1.807, 2.05) is 44.4 Å². The number of hydrogen-bond acceptors (Lipinski definition) is 5. The Morgan fingerprint density at radius 3 is 2.31 bits per heavy atom. The van der Waals surface area contributed by atoms with Crippen LogP contribution >= 0.6 is 11.8 Å². The third-order valence-corrected chi connectivity index (χ3v) is 6.85. The van der Waals surface area contributed by atoms with Gasteiger partial charge in [0.1, 0.15) is 17.4 Å². The summed E-state index contributed by atoms with van der Waals surface area (Å²) in [4.78, 5) is 12.8. The van der Waals surface area contributed by atoms with Crippen LogP contribution in [0.25, 0.3) is 0 Å². The molecule has 0 aliphatic rings. The van der Waals surface area contributed by atoms with Gasteiger partial charge in [-0.15, -0.1) is 10.2 Å². The van der Waals surface area contributed by atoms with E-state index in [9.17, 15) is 13.6 Å². The number of rotatable bonds is 10. The van der Waals surface area contributed by atoms with Crippen LogP contribution in [0.15, 0.2) is 47.6 Å². The zero-order chi connectivity index (χ0) is 25.7. The molecule has 1 aromatic heterocycles. The van der Waals surface area contributed by atoms with E-state index in [4.69, 9.17) is 4.74 Å². The second kappa shape index (κ2) is 11.7. The highest BCUT2D eigenvalue weighted by molar-refractivity contribution is 8.00. The van der Waals surface area contributed by atoms with Crippen molar-refractivity contribution in [2.24, 2.45) is 0 Å². The maximum absolute atomic E-state index is 14.0. The van der Waals surface area contributed by atoms with Crippen molar-refractivity contribution in [1.82, 2.24) is 14.8 Å². The number of nitrogens with one attached hydrogen (secondary N) is 1. The summed E-state index contributed by atoms with van der Waals surface area (Å²) in [5.41, 5.74) is 1.17. The van der Waals surface area contributed by atoms with Crippen LogP contribution < -0.4 is 10.1 Å². The molecular weight excluding hydrogens is 470 g/mol. The molecule has 0 bridgehead atoms. The van der Waals surface area contributed by atoms with Crippen molar-refractivity contribution in [3.63, 3.8) is 0 Å². The van der Waals surface area contributed by atoms with Crippen molar-refractivity contribution in [3.05, 3.63) is 65.5 Å². The van der Waals surface area contributed by atoms with Gasteiger partial charge in [-0.1, -0.05) is 44.7 Å². The number of aromatic nitrogens is 3. The van der Waals surface area contributed by atoms with E-state index in [0.29, 0.717) is 23.3 Å². The summed E-state index contributed by atoms with van der Waals surface area (Å²) < 4.78 is 35.3. The average molecular weight is 503 g/mol. The van der Waals surface area contributed by atoms with Crippen LogP contribution in [0.4, 0.5) is 14.5 Å². The molecule has 0 fully saturated rings. The molecule has 0 saturated carbocycles. The van der Waals surface area contributed by atoms with Crippen LogP contribution in [0.2, 0.25) is 0 Å². The Hall–Kier alpha value is -2.94. The molecule has 188 valence electrons. The van der Waals surface area contributed by atoms with Crippen molar-refractivity contribution >= 4 is 23.4 Å². The predicted molar refractivity (Wildman–Crippen MR) is 135 cm³/mol. The van der Waals surface area contributed by atoms with Crippen LogP contribution in [-0.2, 0) is 4.79 Å². The second-order valence-electron chi connectivity index (χ2n) is 8.92. The lowest BCUT2D eigenvalue weighted by molar-refractivity contribution is -0.115. The zero-order valence-electron chi connectivity index (χ0n) is 20.9. The first-order valence-corrected chi connectivity index (χ1v) is 12.6. The number of hydrogen-bond donors (Lipinski definition) is 1. The van der Waals surface area contributed by atoms with Gasteiger partial charge in [0.15, 0.2) is 17.1 Å². The van der Waals surface area contributed by atoms with E-state index in [2.05, 4.69) is 41.5 Å². The molecule has 2 unspecified atom stereocenters. The van der Waals surface area contributed by atoms with Crippen molar-refractivity contribution in [3.8, 4) is 5.75 Å².